The number of hydrogen-bond donors (Lipinski definition) is 2. The van der Waals surface area contributed by atoms with Crippen molar-refractivity contribution in [3.8, 4) is 0 Å². The number of benzene rings is 1. The summed E-state index contributed by atoms with van der Waals surface area (Å²) in [6, 6.07) is 8.67. The quantitative estimate of drug-likeness (QED) is 0.820. The van der Waals surface area contributed by atoms with E-state index in [1.54, 1.807) is 13.8 Å². The monoisotopic (exact) mass is 235 g/mol. The summed E-state index contributed by atoms with van der Waals surface area (Å²) >= 11 is 0. The maximum absolute atomic E-state index is 11.4. The average molecular weight is 235 g/mol. The number of carboxylic acids is 1. The molecule has 0 bridgehead atoms. The van der Waals surface area contributed by atoms with E-state index >= 15 is 0 Å². The smallest absolute Gasteiger partial charge is 0.308 e. The highest BCUT2D eigenvalue weighted by atomic mass is 16.4. The molecule has 0 fully saturated rings. The van der Waals surface area contributed by atoms with E-state index in [9.17, 15) is 9.59 Å². The molecule has 0 aliphatic rings. The molecule has 2 unspecified atom stereocenters. The molecule has 0 radical (unpaired) electrons. The Kier molecular flexibility index (Phi) is 4.69. The van der Waals surface area contributed by atoms with Gasteiger partial charge >= 0.3 is 5.97 Å². The van der Waals surface area contributed by atoms with E-state index in [2.05, 4.69) is 5.32 Å². The van der Waals surface area contributed by atoms with E-state index in [0.29, 0.717) is 6.42 Å². The van der Waals surface area contributed by atoms with Gasteiger partial charge in [0, 0.05) is 6.42 Å². The van der Waals surface area contributed by atoms with Crippen molar-refractivity contribution in [3.63, 3.8) is 0 Å². The third-order valence-electron chi connectivity index (χ3n) is 2.69. The summed E-state index contributed by atoms with van der Waals surface area (Å²) in [6.45, 7) is 3.33. The van der Waals surface area contributed by atoms with Crippen molar-refractivity contribution in [3.05, 3.63) is 35.9 Å². The van der Waals surface area contributed by atoms with Gasteiger partial charge < -0.3 is 10.4 Å². The SMILES string of the molecule is CCC(=O)NC(c1ccccc1)C(C)C(=O)O. The largest absolute Gasteiger partial charge is 0.481 e. The highest BCUT2D eigenvalue weighted by Crippen LogP contribution is 2.22. The number of amides is 1. The lowest BCUT2D eigenvalue weighted by Gasteiger charge is -2.22. The Balaban J connectivity index is 2.94. The van der Waals surface area contributed by atoms with Gasteiger partial charge in [-0.2, -0.15) is 0 Å². The normalized spacial score (nSPS) is 13.8. The van der Waals surface area contributed by atoms with Crippen LogP contribution < -0.4 is 5.32 Å². The molecule has 1 amide bonds. The van der Waals surface area contributed by atoms with Gasteiger partial charge in [0.1, 0.15) is 0 Å². The van der Waals surface area contributed by atoms with Gasteiger partial charge in [0.2, 0.25) is 5.91 Å². The summed E-state index contributed by atoms with van der Waals surface area (Å²) < 4.78 is 0. The minimum atomic E-state index is -0.921. The van der Waals surface area contributed by atoms with Crippen LogP contribution in [0.4, 0.5) is 0 Å². The van der Waals surface area contributed by atoms with Crippen LogP contribution in [0, 0.1) is 5.92 Å². The summed E-state index contributed by atoms with van der Waals surface area (Å²) in [5.74, 6) is -1.73. The Morgan fingerprint density at radius 1 is 1.29 bits per heavy atom. The molecular weight excluding hydrogens is 218 g/mol. The van der Waals surface area contributed by atoms with Crippen LogP contribution in [0.15, 0.2) is 30.3 Å². The third kappa shape index (κ3) is 3.59. The first-order valence-corrected chi connectivity index (χ1v) is 5.63. The maximum atomic E-state index is 11.4. The first-order chi connectivity index (χ1) is 8.06. The summed E-state index contributed by atoms with van der Waals surface area (Å²) in [7, 11) is 0. The van der Waals surface area contributed by atoms with Crippen LogP contribution in [0.2, 0.25) is 0 Å². The number of carbonyl (C=O) groups is 2. The summed E-state index contributed by atoms with van der Waals surface area (Å²) in [5.41, 5.74) is 0.809. The first-order valence-electron chi connectivity index (χ1n) is 5.63. The Hall–Kier alpha value is -1.84. The molecule has 0 spiro atoms. The van der Waals surface area contributed by atoms with Gasteiger partial charge in [0.15, 0.2) is 0 Å². The first kappa shape index (κ1) is 13.2. The zero-order valence-corrected chi connectivity index (χ0v) is 10.0. The third-order valence-corrected chi connectivity index (χ3v) is 2.69. The Morgan fingerprint density at radius 3 is 2.35 bits per heavy atom. The molecule has 0 aromatic heterocycles. The molecule has 1 aromatic rings. The van der Waals surface area contributed by atoms with Gasteiger partial charge in [0.25, 0.3) is 0 Å². The summed E-state index contributed by atoms with van der Waals surface area (Å²) in [5, 5.41) is 11.8. The number of carboxylic acid groups (broad SMARTS) is 1. The number of aliphatic carboxylic acids is 1. The molecule has 0 saturated carbocycles. The van der Waals surface area contributed by atoms with Gasteiger partial charge in [-0.3, -0.25) is 9.59 Å². The number of rotatable bonds is 5. The molecule has 4 nitrogen and oxygen atoms in total. The number of nitrogens with one attached hydrogen (secondary N) is 1. The van der Waals surface area contributed by atoms with Crippen LogP contribution in [-0.4, -0.2) is 17.0 Å². The van der Waals surface area contributed by atoms with E-state index in [1.165, 1.54) is 0 Å². The van der Waals surface area contributed by atoms with Gasteiger partial charge in [-0.05, 0) is 12.5 Å². The minimum absolute atomic E-state index is 0.146. The highest BCUT2D eigenvalue weighted by molar-refractivity contribution is 5.78. The lowest BCUT2D eigenvalue weighted by molar-refractivity contribution is -0.142. The van der Waals surface area contributed by atoms with Crippen LogP contribution in [0.3, 0.4) is 0 Å². The van der Waals surface area contributed by atoms with Crippen LogP contribution in [0.5, 0.6) is 0 Å². The van der Waals surface area contributed by atoms with Crippen molar-refractivity contribution in [2.24, 2.45) is 5.92 Å². The predicted molar refractivity (Wildman–Crippen MR) is 64.4 cm³/mol. The van der Waals surface area contributed by atoms with Crippen molar-refractivity contribution in [1.29, 1.82) is 0 Å². The standard InChI is InChI=1S/C13H17NO3/c1-3-11(15)14-12(9(2)13(16)17)10-7-5-4-6-8-10/h4-9,12H,3H2,1-2H3,(H,14,15)(H,16,17). The second kappa shape index (κ2) is 6.03. The molecule has 1 rings (SSSR count). The maximum Gasteiger partial charge on any atom is 0.308 e. The molecular formula is C13H17NO3. The molecule has 92 valence electrons. The van der Waals surface area contributed by atoms with Crippen LogP contribution in [0.25, 0.3) is 0 Å². The van der Waals surface area contributed by atoms with Crippen molar-refractivity contribution in [2.75, 3.05) is 0 Å². The number of carbonyl (C=O) groups excluding carboxylic acids is 1. The second-order valence-electron chi connectivity index (χ2n) is 3.94. The highest BCUT2D eigenvalue weighted by Gasteiger charge is 2.26. The minimum Gasteiger partial charge on any atom is -0.481 e. The number of hydrogen-bond acceptors (Lipinski definition) is 2. The Morgan fingerprint density at radius 2 is 1.88 bits per heavy atom. The predicted octanol–water partition coefficient (Wildman–Crippen LogP) is 1.97. The van der Waals surface area contributed by atoms with Crippen LogP contribution in [-0.2, 0) is 9.59 Å². The zero-order chi connectivity index (χ0) is 12.8. The molecule has 0 aliphatic carbocycles. The van der Waals surface area contributed by atoms with Gasteiger partial charge in [-0.1, -0.05) is 37.3 Å². The fourth-order valence-electron chi connectivity index (χ4n) is 1.58. The van der Waals surface area contributed by atoms with E-state index in [4.69, 9.17) is 5.11 Å². The lowest BCUT2D eigenvalue weighted by Crippen LogP contribution is -2.35. The topological polar surface area (TPSA) is 66.4 Å². The fourth-order valence-corrected chi connectivity index (χ4v) is 1.58. The second-order valence-corrected chi connectivity index (χ2v) is 3.94. The molecule has 17 heavy (non-hydrogen) atoms. The molecule has 1 aromatic carbocycles. The van der Waals surface area contributed by atoms with Crippen LogP contribution >= 0.6 is 0 Å². The molecule has 0 heterocycles. The van der Waals surface area contributed by atoms with E-state index in [0.717, 1.165) is 5.56 Å². The Labute approximate surface area is 101 Å². The van der Waals surface area contributed by atoms with Crippen molar-refractivity contribution in [2.45, 2.75) is 26.3 Å². The van der Waals surface area contributed by atoms with Gasteiger partial charge in [0.05, 0.1) is 12.0 Å². The lowest BCUT2D eigenvalue weighted by atomic mass is 9.94. The van der Waals surface area contributed by atoms with E-state index < -0.39 is 17.9 Å². The summed E-state index contributed by atoms with van der Waals surface area (Å²) in [6.07, 6.45) is 0.343. The summed E-state index contributed by atoms with van der Waals surface area (Å²) in [4.78, 5) is 22.5. The Bertz CT molecular complexity index is 389. The van der Waals surface area contributed by atoms with E-state index in [-0.39, 0.29) is 5.91 Å². The molecule has 2 N–H and O–H groups in total. The van der Waals surface area contributed by atoms with Gasteiger partial charge in [-0.15, -0.1) is 0 Å². The van der Waals surface area contributed by atoms with Crippen molar-refractivity contribution < 1.29 is 14.7 Å². The van der Waals surface area contributed by atoms with Crippen LogP contribution in [0.1, 0.15) is 31.9 Å². The van der Waals surface area contributed by atoms with Crippen molar-refractivity contribution >= 4 is 11.9 Å². The van der Waals surface area contributed by atoms with Gasteiger partial charge in [-0.25, -0.2) is 0 Å². The average Bonchev–Trinajstić information content (AvgIpc) is 2.35. The zero-order valence-electron chi connectivity index (χ0n) is 10.0. The molecule has 0 aliphatic heterocycles. The van der Waals surface area contributed by atoms with Crippen molar-refractivity contribution in [1.82, 2.24) is 5.32 Å². The fraction of sp³-hybridized carbons (Fsp3) is 0.385. The molecule has 2 atom stereocenters. The van der Waals surface area contributed by atoms with E-state index in [1.807, 2.05) is 30.3 Å². The molecule has 4 heteroatoms. The molecule has 0 saturated heterocycles.